The van der Waals surface area contributed by atoms with Gasteiger partial charge in [0.25, 0.3) is 0 Å². The first-order valence-electron chi connectivity index (χ1n) is 6.89. The highest BCUT2D eigenvalue weighted by atomic mass is 79.9. The summed E-state index contributed by atoms with van der Waals surface area (Å²) in [4.78, 5) is 0. The molecule has 0 aliphatic heterocycles. The van der Waals surface area contributed by atoms with Gasteiger partial charge < -0.3 is 10.5 Å². The lowest BCUT2D eigenvalue weighted by molar-refractivity contribution is 0.315. The smallest absolute Gasteiger partial charge is 0.133 e. The normalized spacial score (nSPS) is 10.6. The van der Waals surface area contributed by atoms with Crippen molar-refractivity contribution < 1.29 is 4.74 Å². The van der Waals surface area contributed by atoms with Crippen LogP contribution in [-0.4, -0.2) is 13.2 Å². The summed E-state index contributed by atoms with van der Waals surface area (Å²) in [7, 11) is 0. The molecule has 0 spiro atoms. The Morgan fingerprint density at radius 2 is 1.94 bits per heavy atom. The molecule has 3 heteroatoms. The zero-order chi connectivity index (χ0) is 13.2. The molecule has 1 aromatic carbocycles. The van der Waals surface area contributed by atoms with Crippen LogP contribution in [0.4, 0.5) is 0 Å². The third-order valence-electron chi connectivity index (χ3n) is 2.88. The van der Waals surface area contributed by atoms with Crippen LogP contribution in [0.25, 0.3) is 0 Å². The number of halogens is 1. The van der Waals surface area contributed by atoms with Crippen LogP contribution in [0.3, 0.4) is 0 Å². The Kier molecular flexibility index (Phi) is 8.10. The highest BCUT2D eigenvalue weighted by Gasteiger charge is 2.02. The van der Waals surface area contributed by atoms with Crippen LogP contribution in [0.15, 0.2) is 22.7 Å². The molecule has 0 fully saturated rings. The Balaban J connectivity index is 2.36. The zero-order valence-corrected chi connectivity index (χ0v) is 12.8. The minimum Gasteiger partial charge on any atom is -0.492 e. The van der Waals surface area contributed by atoms with Crippen molar-refractivity contribution >= 4 is 15.9 Å². The molecule has 0 aliphatic rings. The molecule has 1 rings (SSSR count). The fraction of sp³-hybridized carbons (Fsp3) is 0.600. The van der Waals surface area contributed by atoms with E-state index in [1.807, 2.05) is 0 Å². The third kappa shape index (κ3) is 5.87. The van der Waals surface area contributed by atoms with Crippen LogP contribution in [0.5, 0.6) is 5.75 Å². The molecule has 0 atom stereocenters. The Hall–Kier alpha value is -0.540. The van der Waals surface area contributed by atoms with Crippen molar-refractivity contribution in [3.63, 3.8) is 0 Å². The van der Waals surface area contributed by atoms with E-state index in [0.29, 0.717) is 0 Å². The topological polar surface area (TPSA) is 35.2 Å². The number of ether oxygens (including phenoxy) is 1. The number of nitrogens with two attached hydrogens (primary N) is 1. The second-order valence-electron chi connectivity index (χ2n) is 4.57. The standard InChI is InChI=1S/C15H24BrNO/c1-2-11-18-15-9-8-13(12-14(15)16)7-5-3-4-6-10-17/h8-9,12H,2-7,10-11,17H2,1H3. The number of rotatable bonds is 9. The van der Waals surface area contributed by atoms with E-state index in [0.717, 1.165) is 42.6 Å². The molecule has 102 valence electrons. The van der Waals surface area contributed by atoms with E-state index in [9.17, 15) is 0 Å². The Bertz CT molecular complexity index is 341. The van der Waals surface area contributed by atoms with Gasteiger partial charge in [-0.1, -0.05) is 25.8 Å². The fourth-order valence-electron chi connectivity index (χ4n) is 1.86. The van der Waals surface area contributed by atoms with Crippen LogP contribution in [0.1, 0.15) is 44.6 Å². The Morgan fingerprint density at radius 1 is 1.17 bits per heavy atom. The van der Waals surface area contributed by atoms with Gasteiger partial charge in [-0.25, -0.2) is 0 Å². The molecular weight excluding hydrogens is 290 g/mol. The molecule has 0 aromatic heterocycles. The van der Waals surface area contributed by atoms with Gasteiger partial charge in [0.15, 0.2) is 0 Å². The van der Waals surface area contributed by atoms with E-state index in [2.05, 4.69) is 41.1 Å². The first-order valence-corrected chi connectivity index (χ1v) is 7.68. The van der Waals surface area contributed by atoms with Gasteiger partial charge in [-0.3, -0.25) is 0 Å². The second-order valence-corrected chi connectivity index (χ2v) is 5.42. The Morgan fingerprint density at radius 3 is 2.61 bits per heavy atom. The molecular formula is C15H24BrNO. The van der Waals surface area contributed by atoms with Gasteiger partial charge in [0.05, 0.1) is 11.1 Å². The van der Waals surface area contributed by atoms with Crippen LogP contribution in [0, 0.1) is 0 Å². The van der Waals surface area contributed by atoms with Gasteiger partial charge >= 0.3 is 0 Å². The average molecular weight is 314 g/mol. The molecule has 1 aromatic rings. The van der Waals surface area contributed by atoms with Crippen molar-refractivity contribution in [3.05, 3.63) is 28.2 Å². The third-order valence-corrected chi connectivity index (χ3v) is 3.50. The summed E-state index contributed by atoms with van der Waals surface area (Å²) >= 11 is 3.57. The molecule has 0 bridgehead atoms. The number of hydrogen-bond donors (Lipinski definition) is 1. The van der Waals surface area contributed by atoms with Crippen LogP contribution in [0.2, 0.25) is 0 Å². The molecule has 18 heavy (non-hydrogen) atoms. The second kappa shape index (κ2) is 9.40. The van der Waals surface area contributed by atoms with Gasteiger partial charge in [-0.2, -0.15) is 0 Å². The maximum atomic E-state index is 5.64. The molecule has 0 unspecified atom stereocenters. The predicted molar refractivity (Wildman–Crippen MR) is 81.2 cm³/mol. The number of aryl methyl sites for hydroxylation is 1. The summed E-state index contributed by atoms with van der Waals surface area (Å²) in [5.74, 6) is 0.948. The number of benzene rings is 1. The Labute approximate surface area is 119 Å². The van der Waals surface area contributed by atoms with Gasteiger partial charge in [-0.15, -0.1) is 0 Å². The van der Waals surface area contributed by atoms with Gasteiger partial charge in [-0.05, 0) is 65.9 Å². The number of hydrogen-bond acceptors (Lipinski definition) is 2. The monoisotopic (exact) mass is 313 g/mol. The summed E-state index contributed by atoms with van der Waals surface area (Å²) in [6.07, 6.45) is 7.07. The van der Waals surface area contributed by atoms with E-state index in [4.69, 9.17) is 10.5 Å². The van der Waals surface area contributed by atoms with E-state index < -0.39 is 0 Å². The maximum absolute atomic E-state index is 5.64. The highest BCUT2D eigenvalue weighted by molar-refractivity contribution is 9.10. The molecule has 2 N–H and O–H groups in total. The van der Waals surface area contributed by atoms with Crippen molar-refractivity contribution in [2.45, 2.75) is 45.4 Å². The van der Waals surface area contributed by atoms with E-state index >= 15 is 0 Å². The largest absolute Gasteiger partial charge is 0.492 e. The quantitative estimate of drug-likeness (QED) is 0.690. The molecule has 0 aliphatic carbocycles. The van der Waals surface area contributed by atoms with Gasteiger partial charge in [0.2, 0.25) is 0 Å². The molecule has 0 saturated heterocycles. The SMILES string of the molecule is CCCOc1ccc(CCCCCCN)cc1Br. The molecule has 2 nitrogen and oxygen atoms in total. The lowest BCUT2D eigenvalue weighted by atomic mass is 10.1. The van der Waals surface area contributed by atoms with Crippen LogP contribution < -0.4 is 10.5 Å². The molecule has 0 heterocycles. The first-order chi connectivity index (χ1) is 8.77. The molecule has 0 amide bonds. The maximum Gasteiger partial charge on any atom is 0.133 e. The van der Waals surface area contributed by atoms with E-state index in [1.54, 1.807) is 0 Å². The minimum atomic E-state index is 0.775. The van der Waals surface area contributed by atoms with Crippen molar-refractivity contribution in [1.29, 1.82) is 0 Å². The molecule has 0 radical (unpaired) electrons. The lowest BCUT2D eigenvalue weighted by Crippen LogP contribution is -1.98. The zero-order valence-electron chi connectivity index (χ0n) is 11.3. The van der Waals surface area contributed by atoms with Crippen molar-refractivity contribution in [2.75, 3.05) is 13.2 Å². The van der Waals surface area contributed by atoms with E-state index in [1.165, 1.54) is 24.8 Å². The number of unbranched alkanes of at least 4 members (excludes halogenated alkanes) is 3. The summed E-state index contributed by atoms with van der Waals surface area (Å²) in [5, 5.41) is 0. The highest BCUT2D eigenvalue weighted by Crippen LogP contribution is 2.26. The summed E-state index contributed by atoms with van der Waals surface area (Å²) in [6.45, 7) is 3.70. The van der Waals surface area contributed by atoms with Gasteiger partial charge in [0, 0.05) is 0 Å². The predicted octanol–water partition coefficient (Wildman–Crippen LogP) is 4.30. The van der Waals surface area contributed by atoms with Crippen molar-refractivity contribution in [3.8, 4) is 5.75 Å². The van der Waals surface area contributed by atoms with Crippen molar-refractivity contribution in [1.82, 2.24) is 0 Å². The summed E-state index contributed by atoms with van der Waals surface area (Å²) in [5.41, 5.74) is 6.85. The van der Waals surface area contributed by atoms with Gasteiger partial charge in [0.1, 0.15) is 5.75 Å². The first kappa shape index (κ1) is 15.5. The molecule has 0 saturated carbocycles. The minimum absolute atomic E-state index is 0.775. The lowest BCUT2D eigenvalue weighted by Gasteiger charge is -2.09. The van der Waals surface area contributed by atoms with Crippen molar-refractivity contribution in [2.24, 2.45) is 5.73 Å². The van der Waals surface area contributed by atoms with E-state index in [-0.39, 0.29) is 0 Å². The van der Waals surface area contributed by atoms with Crippen LogP contribution >= 0.6 is 15.9 Å². The van der Waals surface area contributed by atoms with Crippen LogP contribution in [-0.2, 0) is 6.42 Å². The summed E-state index contributed by atoms with van der Waals surface area (Å²) in [6, 6.07) is 6.40. The average Bonchev–Trinajstić information content (AvgIpc) is 2.37. The fourth-order valence-corrected chi connectivity index (χ4v) is 2.40. The summed E-state index contributed by atoms with van der Waals surface area (Å²) < 4.78 is 6.70.